The van der Waals surface area contributed by atoms with Crippen molar-refractivity contribution in [2.24, 2.45) is 0 Å². The molecular formula is C68H67BN2O. The maximum absolute atomic E-state index is 6.90. The maximum Gasteiger partial charge on any atom is 0.198 e. The van der Waals surface area contributed by atoms with Gasteiger partial charge in [0.05, 0.1) is 0 Å². The van der Waals surface area contributed by atoms with Crippen LogP contribution in [0.3, 0.4) is 0 Å². The molecule has 1 N–H and O–H groups in total. The highest BCUT2D eigenvalue weighted by Crippen LogP contribution is 2.57. The summed E-state index contributed by atoms with van der Waals surface area (Å²) in [7, 11) is 0.777. The summed E-state index contributed by atoms with van der Waals surface area (Å²) in [6.45, 7) is 26.8. The van der Waals surface area contributed by atoms with E-state index in [2.05, 4.69) is 232 Å². The number of para-hydroxylation sites is 1. The summed E-state index contributed by atoms with van der Waals surface area (Å²) in [6.07, 6.45) is 4.69. The smallest absolute Gasteiger partial charge is 0.198 e. The summed E-state index contributed by atoms with van der Waals surface area (Å²) < 4.78 is 6.90. The Morgan fingerprint density at radius 2 is 1.12 bits per heavy atom. The molecule has 0 spiro atoms. The first kappa shape index (κ1) is 45.1. The Morgan fingerprint density at radius 3 is 1.88 bits per heavy atom. The van der Waals surface area contributed by atoms with Gasteiger partial charge >= 0.3 is 0 Å². The van der Waals surface area contributed by atoms with Crippen molar-refractivity contribution in [1.82, 2.24) is 0 Å². The van der Waals surface area contributed by atoms with E-state index in [0.29, 0.717) is 0 Å². The van der Waals surface area contributed by atoms with Crippen molar-refractivity contribution in [2.45, 2.75) is 129 Å². The van der Waals surface area contributed by atoms with Crippen LogP contribution in [0.4, 0.5) is 28.4 Å². The minimum atomic E-state index is -0.299. The van der Waals surface area contributed by atoms with Gasteiger partial charge in [-0.25, -0.2) is 0 Å². The number of furan rings is 1. The van der Waals surface area contributed by atoms with Crippen molar-refractivity contribution >= 4 is 68.6 Å². The quantitative estimate of drug-likeness (QED) is 0.174. The molecule has 1 aromatic heterocycles. The Bertz CT molecular complexity index is 3750. The highest BCUT2D eigenvalue weighted by atomic mass is 16.3. The largest absolute Gasteiger partial charge is 0.456 e. The molecule has 0 fully saturated rings. The second kappa shape index (κ2) is 15.4. The Kier molecular flexibility index (Phi) is 9.63. The Morgan fingerprint density at radius 1 is 0.472 bits per heavy atom. The number of hydrogen-bond donors (Lipinski definition) is 1. The van der Waals surface area contributed by atoms with Crippen molar-refractivity contribution in [3.8, 4) is 33.4 Å². The minimum Gasteiger partial charge on any atom is -0.456 e. The molecule has 0 bridgehead atoms. The zero-order valence-corrected chi connectivity index (χ0v) is 44.2. The zero-order chi connectivity index (χ0) is 49.9. The number of aryl methyl sites for hydroxylation is 1. The molecule has 3 nitrogen and oxygen atoms in total. The Labute approximate surface area is 428 Å². The summed E-state index contributed by atoms with van der Waals surface area (Å²) in [6, 6.07) is 55.6. The number of fused-ring (bicyclic) bond motifs is 10. The number of anilines is 5. The highest BCUT2D eigenvalue weighted by Gasteiger charge is 2.44. The molecule has 1 aliphatic heterocycles. The fourth-order valence-corrected chi connectivity index (χ4v) is 13.8. The summed E-state index contributed by atoms with van der Waals surface area (Å²) in [5, 5.41) is 6.43. The third kappa shape index (κ3) is 6.69. The highest BCUT2D eigenvalue weighted by molar-refractivity contribution is 6.73. The summed E-state index contributed by atoms with van der Waals surface area (Å²) in [5.74, 6) is 0. The van der Waals surface area contributed by atoms with Crippen LogP contribution in [-0.2, 0) is 27.1 Å². The van der Waals surface area contributed by atoms with Gasteiger partial charge in [0.15, 0.2) is 7.28 Å². The van der Waals surface area contributed by atoms with E-state index >= 15 is 0 Å². The summed E-state index contributed by atoms with van der Waals surface area (Å²) >= 11 is 0. The molecule has 3 aliphatic carbocycles. The molecule has 8 aromatic carbocycles. The van der Waals surface area contributed by atoms with E-state index in [9.17, 15) is 0 Å². The summed E-state index contributed by atoms with van der Waals surface area (Å²) in [4.78, 5) is 2.66. The van der Waals surface area contributed by atoms with Gasteiger partial charge in [0, 0.05) is 50.2 Å². The van der Waals surface area contributed by atoms with Crippen LogP contribution in [0.2, 0.25) is 0 Å². The standard InChI is InChI=1S/C68H67BN2O/c1-40-33-51-53(67(8,9)32-31-65(51,4)5)39-57(40)71-56-28-25-42(41-19-13-12-14-20-41)34-54(56)69-63-58(71)37-47-44-21-15-17-23-49(44)68(10,11)62(47)61(63)48-38-60-46(45-22-16-18-24-59(45)72-60)36-55(48)70-43-26-27-50-52(35-43)66(6,7)30-29-64(50,2)3/h12-28,33-39,69-70H,29-32H2,1-11H3. The van der Waals surface area contributed by atoms with Crippen molar-refractivity contribution in [2.75, 3.05) is 10.2 Å². The second-order valence-electron chi connectivity index (χ2n) is 25.2. The van der Waals surface area contributed by atoms with Crippen molar-refractivity contribution < 1.29 is 4.42 Å². The lowest BCUT2D eigenvalue weighted by atomic mass is 9.56. The zero-order valence-electron chi connectivity index (χ0n) is 44.2. The fourth-order valence-electron chi connectivity index (χ4n) is 13.8. The van der Waals surface area contributed by atoms with E-state index in [-0.39, 0.29) is 27.1 Å². The molecular weight excluding hydrogens is 872 g/mol. The molecule has 9 aromatic rings. The van der Waals surface area contributed by atoms with E-state index in [1.54, 1.807) is 0 Å². The van der Waals surface area contributed by atoms with Gasteiger partial charge in [-0.15, -0.1) is 0 Å². The van der Waals surface area contributed by atoms with Crippen LogP contribution in [0.15, 0.2) is 150 Å². The molecule has 72 heavy (non-hydrogen) atoms. The lowest BCUT2D eigenvalue weighted by Gasteiger charge is -2.44. The molecule has 0 amide bonds. The van der Waals surface area contributed by atoms with Crippen LogP contribution >= 0.6 is 0 Å². The second-order valence-corrected chi connectivity index (χ2v) is 25.2. The van der Waals surface area contributed by atoms with Crippen LogP contribution in [0.1, 0.15) is 134 Å². The average molecular weight is 939 g/mol. The summed E-state index contributed by atoms with van der Waals surface area (Å²) in [5.41, 5.74) is 28.0. The van der Waals surface area contributed by atoms with Gasteiger partial charge in [-0.2, -0.15) is 0 Å². The number of rotatable bonds is 5. The number of benzene rings is 8. The molecule has 0 radical (unpaired) electrons. The first-order valence-electron chi connectivity index (χ1n) is 26.6. The number of nitrogens with one attached hydrogen (secondary N) is 1. The molecule has 0 saturated carbocycles. The van der Waals surface area contributed by atoms with Crippen LogP contribution in [0.5, 0.6) is 0 Å². The normalized spacial score (nSPS) is 18.1. The van der Waals surface area contributed by atoms with E-state index < -0.39 is 0 Å². The van der Waals surface area contributed by atoms with E-state index in [1.807, 2.05) is 0 Å². The van der Waals surface area contributed by atoms with E-state index in [0.717, 1.165) is 53.4 Å². The van der Waals surface area contributed by atoms with Gasteiger partial charge in [-0.1, -0.05) is 172 Å². The van der Waals surface area contributed by atoms with Crippen LogP contribution in [-0.4, -0.2) is 7.28 Å². The molecule has 4 aliphatic rings. The van der Waals surface area contributed by atoms with Crippen LogP contribution in [0.25, 0.3) is 55.3 Å². The molecule has 358 valence electrons. The van der Waals surface area contributed by atoms with E-state index in [1.165, 1.54) is 113 Å². The van der Waals surface area contributed by atoms with Crippen molar-refractivity contribution in [3.05, 3.63) is 185 Å². The topological polar surface area (TPSA) is 28.4 Å². The average Bonchev–Trinajstić information content (AvgIpc) is 3.83. The predicted molar refractivity (Wildman–Crippen MR) is 308 cm³/mol. The minimum absolute atomic E-state index is 0.0438. The van der Waals surface area contributed by atoms with Gasteiger partial charge in [-0.3, -0.25) is 0 Å². The first-order chi connectivity index (χ1) is 34.3. The van der Waals surface area contributed by atoms with Crippen LogP contribution in [0, 0.1) is 6.92 Å². The van der Waals surface area contributed by atoms with E-state index in [4.69, 9.17) is 4.42 Å². The molecule has 0 saturated heterocycles. The van der Waals surface area contributed by atoms with Gasteiger partial charge < -0.3 is 14.6 Å². The van der Waals surface area contributed by atoms with Gasteiger partial charge in [-0.05, 0) is 175 Å². The lowest BCUT2D eigenvalue weighted by molar-refractivity contribution is 0.332. The molecule has 13 rings (SSSR count). The predicted octanol–water partition coefficient (Wildman–Crippen LogP) is 17.1. The SMILES string of the molecule is Cc1cc2c(cc1N1c3ccc(-c4ccccc4)cc3Bc3c1cc1c(c3-c3cc4oc5ccccc5c4cc3Nc3ccc4c(c3)C(C)(C)CCC4(C)C)C(C)(C)c3ccccc3-1)C(C)(C)CCC2(C)C. The van der Waals surface area contributed by atoms with Gasteiger partial charge in [0.1, 0.15) is 11.2 Å². The van der Waals surface area contributed by atoms with Crippen LogP contribution < -0.4 is 21.1 Å². The van der Waals surface area contributed by atoms with Crippen molar-refractivity contribution in [1.29, 1.82) is 0 Å². The van der Waals surface area contributed by atoms with Crippen molar-refractivity contribution in [3.63, 3.8) is 0 Å². The fraction of sp³-hybridized carbons (Fsp3) is 0.294. The van der Waals surface area contributed by atoms with Gasteiger partial charge in [0.25, 0.3) is 0 Å². The number of nitrogens with zero attached hydrogens (tertiary/aromatic N) is 1. The third-order valence-corrected chi connectivity index (χ3v) is 18.3. The van der Waals surface area contributed by atoms with Gasteiger partial charge in [0.2, 0.25) is 0 Å². The Balaban J connectivity index is 1.13. The monoisotopic (exact) mass is 939 g/mol. The molecule has 2 heterocycles. The maximum atomic E-state index is 6.90. The Hall–Kier alpha value is -6.78. The molecule has 4 heteroatoms. The first-order valence-corrected chi connectivity index (χ1v) is 26.6. The molecule has 0 unspecified atom stereocenters. The molecule has 0 atom stereocenters. The lowest BCUT2D eigenvalue weighted by Crippen LogP contribution is -2.42. The number of hydrogen-bond acceptors (Lipinski definition) is 3. The third-order valence-electron chi connectivity index (χ3n) is 18.3.